The molecule has 0 aromatic heterocycles. The fourth-order valence-corrected chi connectivity index (χ4v) is 1.69. The summed E-state index contributed by atoms with van der Waals surface area (Å²) in [6.45, 7) is 5.95. The second-order valence-electron chi connectivity index (χ2n) is 5.04. The summed E-state index contributed by atoms with van der Waals surface area (Å²) in [7, 11) is 0. The molecule has 0 amide bonds. The standard InChI is InChI=1S/C15H26O6/c1-4-6-8-20-14(18)11(3)12(10-13(16)17)15(19)21-9-7-5-2/h11-12H,4-10H2,1-3H3,(H,16,17). The normalized spacial score (nSPS) is 13.3. The van der Waals surface area contributed by atoms with E-state index in [1.807, 2.05) is 13.8 Å². The van der Waals surface area contributed by atoms with Crippen molar-refractivity contribution >= 4 is 17.9 Å². The van der Waals surface area contributed by atoms with E-state index in [4.69, 9.17) is 14.6 Å². The summed E-state index contributed by atoms with van der Waals surface area (Å²) in [5.74, 6) is -4.17. The molecule has 0 aromatic carbocycles. The quantitative estimate of drug-likeness (QED) is 0.465. The monoisotopic (exact) mass is 302 g/mol. The molecule has 0 aliphatic rings. The molecule has 2 atom stereocenters. The van der Waals surface area contributed by atoms with Crippen LogP contribution in [0.5, 0.6) is 0 Å². The van der Waals surface area contributed by atoms with Crippen LogP contribution >= 0.6 is 0 Å². The molecule has 0 radical (unpaired) electrons. The summed E-state index contributed by atoms with van der Waals surface area (Å²) in [6.07, 6.45) is 2.77. The van der Waals surface area contributed by atoms with Crippen molar-refractivity contribution in [1.29, 1.82) is 0 Å². The highest BCUT2D eigenvalue weighted by molar-refractivity contribution is 5.85. The molecule has 0 aliphatic heterocycles. The molecule has 2 unspecified atom stereocenters. The van der Waals surface area contributed by atoms with Crippen LogP contribution in [0.1, 0.15) is 52.9 Å². The second kappa shape index (κ2) is 11.1. The van der Waals surface area contributed by atoms with Gasteiger partial charge in [-0.25, -0.2) is 0 Å². The summed E-state index contributed by atoms with van der Waals surface area (Å²) < 4.78 is 10.1. The summed E-state index contributed by atoms with van der Waals surface area (Å²) in [5.41, 5.74) is 0. The van der Waals surface area contributed by atoms with Crippen LogP contribution in [-0.4, -0.2) is 36.2 Å². The lowest BCUT2D eigenvalue weighted by atomic mass is 9.91. The van der Waals surface area contributed by atoms with Crippen molar-refractivity contribution in [2.75, 3.05) is 13.2 Å². The first-order chi connectivity index (χ1) is 9.93. The highest BCUT2D eigenvalue weighted by atomic mass is 16.5. The van der Waals surface area contributed by atoms with E-state index in [9.17, 15) is 14.4 Å². The minimum absolute atomic E-state index is 0.239. The number of unbranched alkanes of at least 4 members (excludes halogenated alkanes) is 2. The Hall–Kier alpha value is -1.59. The van der Waals surface area contributed by atoms with Crippen molar-refractivity contribution < 1.29 is 29.0 Å². The lowest BCUT2D eigenvalue weighted by Gasteiger charge is -2.20. The Labute approximate surface area is 125 Å². The van der Waals surface area contributed by atoms with Crippen molar-refractivity contribution in [3.05, 3.63) is 0 Å². The van der Waals surface area contributed by atoms with Crippen LogP contribution in [0.2, 0.25) is 0 Å². The molecule has 0 fully saturated rings. The second-order valence-corrected chi connectivity index (χ2v) is 5.04. The van der Waals surface area contributed by atoms with E-state index >= 15 is 0 Å². The lowest BCUT2D eigenvalue weighted by Crippen LogP contribution is -2.32. The molecule has 0 aromatic rings. The van der Waals surface area contributed by atoms with Gasteiger partial charge in [0.2, 0.25) is 0 Å². The predicted molar refractivity (Wildman–Crippen MR) is 76.6 cm³/mol. The largest absolute Gasteiger partial charge is 0.481 e. The van der Waals surface area contributed by atoms with E-state index in [-0.39, 0.29) is 13.2 Å². The Morgan fingerprint density at radius 2 is 1.43 bits per heavy atom. The maximum Gasteiger partial charge on any atom is 0.310 e. The van der Waals surface area contributed by atoms with Gasteiger partial charge in [0, 0.05) is 0 Å². The Morgan fingerprint density at radius 3 is 1.86 bits per heavy atom. The Balaban J connectivity index is 4.59. The minimum Gasteiger partial charge on any atom is -0.481 e. The molecule has 0 bridgehead atoms. The van der Waals surface area contributed by atoms with Crippen molar-refractivity contribution in [3.8, 4) is 0 Å². The summed E-state index contributed by atoms with van der Waals surface area (Å²) in [4.78, 5) is 34.7. The first kappa shape index (κ1) is 19.4. The fourth-order valence-electron chi connectivity index (χ4n) is 1.69. The van der Waals surface area contributed by atoms with E-state index in [1.54, 1.807) is 0 Å². The third-order valence-electron chi connectivity index (χ3n) is 3.16. The van der Waals surface area contributed by atoms with Gasteiger partial charge in [-0.05, 0) is 12.8 Å². The zero-order valence-corrected chi connectivity index (χ0v) is 13.1. The summed E-state index contributed by atoms with van der Waals surface area (Å²) in [6, 6.07) is 0. The van der Waals surface area contributed by atoms with Crippen molar-refractivity contribution in [2.45, 2.75) is 52.9 Å². The van der Waals surface area contributed by atoms with Gasteiger partial charge in [-0.3, -0.25) is 14.4 Å². The number of aliphatic carboxylic acids is 1. The Morgan fingerprint density at radius 1 is 0.952 bits per heavy atom. The number of ether oxygens (including phenoxy) is 2. The van der Waals surface area contributed by atoms with E-state index in [0.717, 1.165) is 19.3 Å². The minimum atomic E-state index is -1.14. The molecule has 1 N–H and O–H groups in total. The Bertz CT molecular complexity index is 339. The molecule has 0 saturated carbocycles. The van der Waals surface area contributed by atoms with Crippen LogP contribution in [0.4, 0.5) is 0 Å². The smallest absolute Gasteiger partial charge is 0.310 e. The maximum absolute atomic E-state index is 11.9. The van der Waals surface area contributed by atoms with Gasteiger partial charge in [-0.2, -0.15) is 0 Å². The summed E-state index contributed by atoms with van der Waals surface area (Å²) in [5, 5.41) is 8.89. The van der Waals surface area contributed by atoms with Gasteiger partial charge in [-0.15, -0.1) is 0 Å². The van der Waals surface area contributed by atoms with E-state index in [0.29, 0.717) is 6.42 Å². The third-order valence-corrected chi connectivity index (χ3v) is 3.16. The van der Waals surface area contributed by atoms with E-state index in [2.05, 4.69) is 0 Å². The number of carboxylic acids is 1. The lowest BCUT2D eigenvalue weighted by molar-refractivity contribution is -0.162. The molecule has 0 saturated heterocycles. The number of carbonyl (C=O) groups is 3. The van der Waals surface area contributed by atoms with E-state index in [1.165, 1.54) is 6.92 Å². The van der Waals surface area contributed by atoms with Crippen LogP contribution in [0.3, 0.4) is 0 Å². The fraction of sp³-hybridized carbons (Fsp3) is 0.800. The van der Waals surface area contributed by atoms with Crippen molar-refractivity contribution in [1.82, 2.24) is 0 Å². The molecule has 6 heteroatoms. The SMILES string of the molecule is CCCCOC(=O)C(C)C(CC(=O)O)C(=O)OCCCC. The van der Waals surface area contributed by atoms with Gasteiger partial charge < -0.3 is 14.6 Å². The molecular weight excluding hydrogens is 276 g/mol. The first-order valence-corrected chi connectivity index (χ1v) is 7.49. The number of rotatable bonds is 11. The first-order valence-electron chi connectivity index (χ1n) is 7.49. The van der Waals surface area contributed by atoms with Crippen LogP contribution < -0.4 is 0 Å². The average Bonchev–Trinajstić information content (AvgIpc) is 2.44. The van der Waals surface area contributed by atoms with Gasteiger partial charge in [0.05, 0.1) is 31.5 Å². The molecule has 122 valence electrons. The summed E-state index contributed by atoms with van der Waals surface area (Å²) >= 11 is 0. The highest BCUT2D eigenvalue weighted by Gasteiger charge is 2.34. The van der Waals surface area contributed by atoms with Gasteiger partial charge in [0.1, 0.15) is 0 Å². The zero-order chi connectivity index (χ0) is 16.3. The van der Waals surface area contributed by atoms with Crippen LogP contribution in [0, 0.1) is 11.8 Å². The number of hydrogen-bond acceptors (Lipinski definition) is 5. The van der Waals surface area contributed by atoms with E-state index < -0.39 is 36.2 Å². The molecule has 0 aliphatic carbocycles. The number of esters is 2. The van der Waals surface area contributed by atoms with Crippen LogP contribution in [0.25, 0.3) is 0 Å². The highest BCUT2D eigenvalue weighted by Crippen LogP contribution is 2.20. The molecule has 0 spiro atoms. The molecular formula is C15H26O6. The molecule has 6 nitrogen and oxygen atoms in total. The molecule has 0 rings (SSSR count). The third kappa shape index (κ3) is 8.32. The van der Waals surface area contributed by atoms with Crippen molar-refractivity contribution in [3.63, 3.8) is 0 Å². The zero-order valence-electron chi connectivity index (χ0n) is 13.1. The van der Waals surface area contributed by atoms with Gasteiger partial charge >= 0.3 is 17.9 Å². The number of hydrogen-bond donors (Lipinski definition) is 1. The molecule has 21 heavy (non-hydrogen) atoms. The maximum atomic E-state index is 11.9. The number of carboxylic acid groups (broad SMARTS) is 1. The topological polar surface area (TPSA) is 89.9 Å². The average molecular weight is 302 g/mol. The molecule has 0 heterocycles. The van der Waals surface area contributed by atoms with Crippen LogP contribution in [-0.2, 0) is 23.9 Å². The Kier molecular flexibility index (Phi) is 10.3. The van der Waals surface area contributed by atoms with Gasteiger partial charge in [0.25, 0.3) is 0 Å². The van der Waals surface area contributed by atoms with Gasteiger partial charge in [-0.1, -0.05) is 33.6 Å². The predicted octanol–water partition coefficient (Wildman–Crippen LogP) is 2.40. The van der Waals surface area contributed by atoms with Crippen molar-refractivity contribution in [2.24, 2.45) is 11.8 Å². The van der Waals surface area contributed by atoms with Crippen LogP contribution in [0.15, 0.2) is 0 Å². The number of carbonyl (C=O) groups excluding carboxylic acids is 2. The van der Waals surface area contributed by atoms with Gasteiger partial charge in [0.15, 0.2) is 0 Å².